The highest BCUT2D eigenvalue weighted by atomic mass is 32.2. The highest BCUT2D eigenvalue weighted by molar-refractivity contribution is 7.98. The van der Waals surface area contributed by atoms with Crippen molar-refractivity contribution in [2.24, 2.45) is 5.92 Å². The van der Waals surface area contributed by atoms with Crippen LogP contribution in [0.25, 0.3) is 0 Å². The van der Waals surface area contributed by atoms with Crippen molar-refractivity contribution in [1.29, 1.82) is 0 Å². The van der Waals surface area contributed by atoms with E-state index in [0.717, 1.165) is 48.1 Å². The van der Waals surface area contributed by atoms with Crippen molar-refractivity contribution in [2.45, 2.75) is 11.3 Å². The van der Waals surface area contributed by atoms with Gasteiger partial charge in [-0.25, -0.2) is 0 Å². The monoisotopic (exact) mass is 424 g/mol. The number of likely N-dealkylation sites (N-methyl/N-ethyl adjacent to an activating group) is 1. The summed E-state index contributed by atoms with van der Waals surface area (Å²) < 4.78 is 0. The lowest BCUT2D eigenvalue weighted by atomic mass is 10.1. The molecule has 2 aromatic rings. The Balaban J connectivity index is 1.44. The number of nitrogens with one attached hydrogen (secondary N) is 1. The lowest BCUT2D eigenvalue weighted by Gasteiger charge is -2.35. The van der Waals surface area contributed by atoms with Crippen LogP contribution < -0.4 is 15.1 Å². The number of amides is 2. The maximum atomic E-state index is 13.0. The maximum Gasteiger partial charge on any atom is 0.229 e. The number of carbonyl (C=O) groups excluding carboxylic acids is 2. The number of hydrogen-bond donors (Lipinski definition) is 1. The third-order valence-electron chi connectivity index (χ3n) is 5.89. The summed E-state index contributed by atoms with van der Waals surface area (Å²) in [5.41, 5.74) is 2.72. The molecule has 2 aliphatic heterocycles. The summed E-state index contributed by atoms with van der Waals surface area (Å²) in [4.78, 5) is 33.1. The van der Waals surface area contributed by atoms with Gasteiger partial charge in [0, 0.05) is 49.7 Å². The minimum Gasteiger partial charge on any atom is -0.367 e. The Morgan fingerprint density at radius 2 is 1.73 bits per heavy atom. The average Bonchev–Trinajstić information content (AvgIpc) is 3.17. The molecule has 6 nitrogen and oxygen atoms in total. The number of para-hydroxylation sites is 2. The Kier molecular flexibility index (Phi) is 6.29. The Bertz CT molecular complexity index is 910. The van der Waals surface area contributed by atoms with E-state index >= 15 is 0 Å². The van der Waals surface area contributed by atoms with E-state index in [4.69, 9.17) is 0 Å². The highest BCUT2D eigenvalue weighted by Crippen LogP contribution is 2.30. The second-order valence-electron chi connectivity index (χ2n) is 7.90. The van der Waals surface area contributed by atoms with E-state index in [1.165, 1.54) is 0 Å². The van der Waals surface area contributed by atoms with Crippen molar-refractivity contribution in [3.05, 3.63) is 48.5 Å². The van der Waals surface area contributed by atoms with Gasteiger partial charge in [0.15, 0.2) is 0 Å². The van der Waals surface area contributed by atoms with Gasteiger partial charge in [-0.05, 0) is 49.7 Å². The molecule has 1 unspecified atom stereocenters. The Labute approximate surface area is 182 Å². The molecule has 0 saturated carbocycles. The topological polar surface area (TPSA) is 55.9 Å². The van der Waals surface area contributed by atoms with Gasteiger partial charge < -0.3 is 20.0 Å². The Morgan fingerprint density at radius 3 is 2.43 bits per heavy atom. The van der Waals surface area contributed by atoms with Crippen molar-refractivity contribution in [2.75, 3.05) is 61.1 Å². The molecule has 0 aliphatic carbocycles. The number of piperazine rings is 1. The molecule has 2 aromatic carbocycles. The van der Waals surface area contributed by atoms with Crippen LogP contribution in [0, 0.1) is 5.92 Å². The predicted molar refractivity (Wildman–Crippen MR) is 123 cm³/mol. The number of benzene rings is 2. The number of carbonyl (C=O) groups is 2. The van der Waals surface area contributed by atoms with Gasteiger partial charge in [-0.15, -0.1) is 11.8 Å². The fourth-order valence-electron chi connectivity index (χ4n) is 4.03. The zero-order valence-electron chi connectivity index (χ0n) is 17.5. The molecule has 2 heterocycles. The molecule has 7 heteroatoms. The molecule has 0 radical (unpaired) electrons. The summed E-state index contributed by atoms with van der Waals surface area (Å²) >= 11 is 1.67. The summed E-state index contributed by atoms with van der Waals surface area (Å²) in [6.45, 7) is 4.30. The van der Waals surface area contributed by atoms with Gasteiger partial charge >= 0.3 is 0 Å². The summed E-state index contributed by atoms with van der Waals surface area (Å²) in [7, 11) is 2.13. The molecule has 4 rings (SSSR count). The number of rotatable bonds is 5. The Morgan fingerprint density at radius 1 is 1.03 bits per heavy atom. The minimum atomic E-state index is -0.349. The third kappa shape index (κ3) is 4.47. The van der Waals surface area contributed by atoms with Gasteiger partial charge in [0.2, 0.25) is 11.8 Å². The molecule has 30 heavy (non-hydrogen) atoms. The zero-order valence-corrected chi connectivity index (χ0v) is 18.3. The fourth-order valence-corrected chi connectivity index (χ4v) is 4.44. The van der Waals surface area contributed by atoms with E-state index in [2.05, 4.69) is 28.2 Å². The second-order valence-corrected chi connectivity index (χ2v) is 8.78. The maximum absolute atomic E-state index is 13.0. The normalized spacial score (nSPS) is 19.9. The van der Waals surface area contributed by atoms with Crippen LogP contribution in [0.3, 0.4) is 0 Å². The van der Waals surface area contributed by atoms with Gasteiger partial charge in [-0.2, -0.15) is 0 Å². The Hall–Kier alpha value is -2.51. The average molecular weight is 425 g/mol. The van der Waals surface area contributed by atoms with Crippen LogP contribution in [-0.4, -0.2) is 62.7 Å². The lowest BCUT2D eigenvalue weighted by Crippen LogP contribution is -2.44. The number of nitrogens with zero attached hydrogens (tertiary/aromatic N) is 3. The molecular weight excluding hydrogens is 396 g/mol. The standard InChI is InChI=1S/C23H28N4O2S/c1-25-11-13-26(14-12-25)21-6-4-3-5-20(21)24-23(29)17-15-22(28)27(16-17)18-7-9-19(30-2)10-8-18/h3-10,17H,11-16H2,1-2H3,(H,24,29). The first-order valence-corrected chi connectivity index (χ1v) is 11.6. The van der Waals surface area contributed by atoms with Gasteiger partial charge in [0.05, 0.1) is 17.3 Å². The van der Waals surface area contributed by atoms with Crippen LogP contribution >= 0.6 is 11.8 Å². The van der Waals surface area contributed by atoms with Crippen LogP contribution in [0.1, 0.15) is 6.42 Å². The highest BCUT2D eigenvalue weighted by Gasteiger charge is 2.35. The van der Waals surface area contributed by atoms with Crippen molar-refractivity contribution < 1.29 is 9.59 Å². The van der Waals surface area contributed by atoms with Crippen molar-refractivity contribution in [3.63, 3.8) is 0 Å². The smallest absolute Gasteiger partial charge is 0.229 e. The molecule has 0 aromatic heterocycles. The van der Waals surface area contributed by atoms with Gasteiger partial charge in [0.1, 0.15) is 0 Å². The summed E-state index contributed by atoms with van der Waals surface area (Å²) in [5, 5.41) is 3.10. The van der Waals surface area contributed by atoms with Crippen molar-refractivity contribution >= 4 is 40.6 Å². The van der Waals surface area contributed by atoms with E-state index in [1.807, 2.05) is 48.7 Å². The van der Waals surface area contributed by atoms with Gasteiger partial charge in [-0.3, -0.25) is 9.59 Å². The molecular formula is C23H28N4O2S. The van der Waals surface area contributed by atoms with E-state index < -0.39 is 0 Å². The largest absolute Gasteiger partial charge is 0.367 e. The zero-order chi connectivity index (χ0) is 21.1. The molecule has 2 amide bonds. The first kappa shape index (κ1) is 20.8. The number of hydrogen-bond acceptors (Lipinski definition) is 5. The van der Waals surface area contributed by atoms with Crippen molar-refractivity contribution in [1.82, 2.24) is 4.90 Å². The van der Waals surface area contributed by atoms with Crippen molar-refractivity contribution in [3.8, 4) is 0 Å². The first-order valence-electron chi connectivity index (χ1n) is 10.3. The minimum absolute atomic E-state index is 0.000551. The summed E-state index contributed by atoms with van der Waals surface area (Å²) in [6.07, 6.45) is 2.27. The van der Waals surface area contributed by atoms with Crippen LogP contribution in [0.2, 0.25) is 0 Å². The fraction of sp³-hybridized carbons (Fsp3) is 0.391. The van der Waals surface area contributed by atoms with E-state index in [1.54, 1.807) is 16.7 Å². The van der Waals surface area contributed by atoms with Gasteiger partial charge in [0.25, 0.3) is 0 Å². The molecule has 0 spiro atoms. The summed E-state index contributed by atoms with van der Waals surface area (Å²) in [6, 6.07) is 15.9. The van der Waals surface area contributed by atoms with E-state index in [0.29, 0.717) is 6.54 Å². The quantitative estimate of drug-likeness (QED) is 0.748. The van der Waals surface area contributed by atoms with Gasteiger partial charge in [-0.1, -0.05) is 12.1 Å². The second kappa shape index (κ2) is 9.10. The van der Waals surface area contributed by atoms with Crippen LogP contribution in [0.5, 0.6) is 0 Å². The molecule has 2 aliphatic rings. The van der Waals surface area contributed by atoms with E-state index in [9.17, 15) is 9.59 Å². The summed E-state index contributed by atoms with van der Waals surface area (Å²) in [5.74, 6) is -0.439. The first-order chi connectivity index (χ1) is 14.5. The van der Waals surface area contributed by atoms with Crippen LogP contribution in [0.4, 0.5) is 17.1 Å². The molecule has 1 atom stereocenters. The SMILES string of the molecule is CSc1ccc(N2CC(C(=O)Nc3ccccc3N3CCN(C)CC3)CC2=O)cc1. The lowest BCUT2D eigenvalue weighted by molar-refractivity contribution is -0.122. The molecule has 1 N–H and O–H groups in total. The molecule has 2 saturated heterocycles. The van der Waals surface area contributed by atoms with Crippen LogP contribution in [0.15, 0.2) is 53.4 Å². The number of thioether (sulfide) groups is 1. The molecule has 2 fully saturated rings. The molecule has 158 valence electrons. The third-order valence-corrected chi connectivity index (χ3v) is 6.63. The molecule has 0 bridgehead atoms. The van der Waals surface area contributed by atoms with Crippen LogP contribution in [-0.2, 0) is 9.59 Å². The van der Waals surface area contributed by atoms with E-state index in [-0.39, 0.29) is 24.2 Å². The number of anilines is 3. The predicted octanol–water partition coefficient (Wildman–Crippen LogP) is 3.15.